The van der Waals surface area contributed by atoms with Crippen molar-refractivity contribution in [3.63, 3.8) is 0 Å². The van der Waals surface area contributed by atoms with E-state index in [1.807, 2.05) is 6.92 Å². The van der Waals surface area contributed by atoms with Crippen molar-refractivity contribution in [3.05, 3.63) is 64.5 Å². The molecule has 0 saturated heterocycles. The highest BCUT2D eigenvalue weighted by Crippen LogP contribution is 2.48. The first-order valence-electron chi connectivity index (χ1n) is 11.3. The predicted octanol–water partition coefficient (Wildman–Crippen LogP) is 7.87. The molecule has 1 N–H and O–H groups in total. The number of hydrogen-bond donors (Lipinski definition) is 1. The van der Waals surface area contributed by atoms with Gasteiger partial charge in [-0.05, 0) is 83.6 Å². The van der Waals surface area contributed by atoms with Gasteiger partial charge in [0.15, 0.2) is 0 Å². The van der Waals surface area contributed by atoms with Crippen molar-refractivity contribution in [3.8, 4) is 5.75 Å². The molecule has 0 amide bonds. The van der Waals surface area contributed by atoms with E-state index in [4.69, 9.17) is 9.84 Å². The smallest absolute Gasteiger partial charge is 0.328 e. The van der Waals surface area contributed by atoms with Crippen molar-refractivity contribution in [2.75, 3.05) is 6.61 Å². The van der Waals surface area contributed by atoms with E-state index in [0.717, 1.165) is 30.0 Å². The Balaban J connectivity index is 2.69. The number of hydrogen-bond acceptors (Lipinski definition) is 2. The van der Waals surface area contributed by atoms with E-state index in [9.17, 15) is 4.79 Å². The molecular formula is C28H37FO3. The second-order valence-corrected chi connectivity index (χ2v) is 10.2. The predicted molar refractivity (Wildman–Crippen MR) is 132 cm³/mol. The molecule has 1 aromatic rings. The normalized spacial score (nSPS) is 17.0. The molecule has 0 radical (unpaired) electrons. The first-order valence-corrected chi connectivity index (χ1v) is 11.3. The molecule has 0 fully saturated rings. The average molecular weight is 441 g/mol. The summed E-state index contributed by atoms with van der Waals surface area (Å²) in [4.78, 5) is 10.8. The highest BCUT2D eigenvalue weighted by atomic mass is 19.1. The number of carboxylic acids is 1. The van der Waals surface area contributed by atoms with Gasteiger partial charge < -0.3 is 9.84 Å². The topological polar surface area (TPSA) is 46.5 Å². The lowest BCUT2D eigenvalue weighted by Gasteiger charge is -2.37. The zero-order chi connectivity index (χ0) is 24.3. The van der Waals surface area contributed by atoms with Crippen LogP contribution in [0.5, 0.6) is 5.75 Å². The fraction of sp³-hybridized carbons (Fsp3) is 0.464. The molecular weight excluding hydrogens is 403 g/mol. The molecule has 2 rings (SSSR count). The Hall–Kier alpha value is -2.62. The summed E-state index contributed by atoms with van der Waals surface area (Å²) in [6.45, 7) is 17.0. The highest BCUT2D eigenvalue weighted by Gasteiger charge is 2.33. The Morgan fingerprint density at radius 2 is 1.88 bits per heavy atom. The zero-order valence-electron chi connectivity index (χ0n) is 20.7. The lowest BCUT2D eigenvalue weighted by molar-refractivity contribution is -0.131. The second-order valence-electron chi connectivity index (χ2n) is 10.2. The first-order chi connectivity index (χ1) is 14.8. The second kappa shape index (κ2) is 9.89. The van der Waals surface area contributed by atoms with Crippen LogP contribution >= 0.6 is 0 Å². The van der Waals surface area contributed by atoms with Gasteiger partial charge in [-0.25, -0.2) is 9.18 Å². The first kappa shape index (κ1) is 25.6. The summed E-state index contributed by atoms with van der Waals surface area (Å²) in [5.74, 6) is -0.782. The molecule has 0 heterocycles. The number of allylic oxidation sites excluding steroid dienone is 7. The number of benzene rings is 1. The average Bonchev–Trinajstić information content (AvgIpc) is 2.68. The fourth-order valence-corrected chi connectivity index (χ4v) is 3.98. The van der Waals surface area contributed by atoms with E-state index in [2.05, 4.69) is 52.8 Å². The largest absolute Gasteiger partial charge is 0.493 e. The maximum atomic E-state index is 15.1. The van der Waals surface area contributed by atoms with Crippen molar-refractivity contribution in [2.45, 2.75) is 73.6 Å². The van der Waals surface area contributed by atoms with E-state index in [1.165, 1.54) is 23.3 Å². The summed E-state index contributed by atoms with van der Waals surface area (Å²) < 4.78 is 21.2. The molecule has 0 aromatic heterocycles. The molecule has 0 saturated carbocycles. The van der Waals surface area contributed by atoms with Crippen LogP contribution in [-0.4, -0.2) is 17.7 Å². The summed E-state index contributed by atoms with van der Waals surface area (Å²) in [6, 6.07) is 4.16. The number of halogens is 1. The minimum absolute atomic E-state index is 0.0386. The molecule has 0 bridgehead atoms. The number of ether oxygens (including phenoxy) is 1. The minimum atomic E-state index is -1.05. The summed E-state index contributed by atoms with van der Waals surface area (Å²) >= 11 is 0. The molecule has 1 aliphatic carbocycles. The maximum absolute atomic E-state index is 15.1. The number of fused-ring (bicyclic) bond motifs is 1. The standard InChI is InChI=1S/C28H37FO3/c1-9-14-32-25-17-23-21(22(27(4,5)6)12-13-28(23,7)8)16-20(25)19(3)24(29)11-10-18(2)15-26(30)31/h10-12,15-17H,9,13-14H2,1-8H3,(H,30,31)/b11-10+,18-15+,24-19+. The Bertz CT molecular complexity index is 998. The summed E-state index contributed by atoms with van der Waals surface area (Å²) in [5.41, 5.74) is 5.22. The fourth-order valence-electron chi connectivity index (χ4n) is 3.98. The molecule has 174 valence electrons. The summed E-state index contributed by atoms with van der Waals surface area (Å²) in [7, 11) is 0. The van der Waals surface area contributed by atoms with Crippen molar-refractivity contribution in [1.29, 1.82) is 0 Å². The van der Waals surface area contributed by atoms with E-state index in [-0.39, 0.29) is 10.8 Å². The third-order valence-corrected chi connectivity index (χ3v) is 5.83. The van der Waals surface area contributed by atoms with Crippen LogP contribution in [0.4, 0.5) is 4.39 Å². The van der Waals surface area contributed by atoms with Crippen LogP contribution in [0.2, 0.25) is 0 Å². The van der Waals surface area contributed by atoms with Gasteiger partial charge >= 0.3 is 5.97 Å². The molecule has 3 nitrogen and oxygen atoms in total. The van der Waals surface area contributed by atoms with E-state index >= 15 is 4.39 Å². The van der Waals surface area contributed by atoms with Gasteiger partial charge in [-0.1, -0.05) is 53.7 Å². The zero-order valence-corrected chi connectivity index (χ0v) is 20.7. The third-order valence-electron chi connectivity index (χ3n) is 5.83. The summed E-state index contributed by atoms with van der Waals surface area (Å²) in [5, 5.41) is 8.86. The van der Waals surface area contributed by atoms with Gasteiger partial charge in [-0.15, -0.1) is 0 Å². The quantitative estimate of drug-likeness (QED) is 0.346. The summed E-state index contributed by atoms with van der Waals surface area (Å²) in [6.07, 6.45) is 7.96. The highest BCUT2D eigenvalue weighted by molar-refractivity contribution is 5.82. The molecule has 0 atom stereocenters. The maximum Gasteiger partial charge on any atom is 0.328 e. The number of aliphatic carboxylic acids is 1. The van der Waals surface area contributed by atoms with Crippen LogP contribution in [0.25, 0.3) is 11.1 Å². The van der Waals surface area contributed by atoms with Crippen molar-refractivity contribution >= 4 is 17.1 Å². The van der Waals surface area contributed by atoms with Gasteiger partial charge in [0, 0.05) is 11.6 Å². The SMILES string of the molecule is CCCOc1cc2c(cc1\C(C)=C(F)/C=C/C(C)=C/C(=O)O)C(C(C)(C)C)=CCC2(C)C. The van der Waals surface area contributed by atoms with Crippen LogP contribution in [0, 0.1) is 5.41 Å². The number of rotatable bonds is 7. The Morgan fingerprint density at radius 3 is 2.44 bits per heavy atom. The molecule has 1 aromatic carbocycles. The van der Waals surface area contributed by atoms with Crippen molar-refractivity contribution < 1.29 is 19.0 Å². The van der Waals surface area contributed by atoms with Crippen LogP contribution in [-0.2, 0) is 10.2 Å². The van der Waals surface area contributed by atoms with Gasteiger partial charge in [0.1, 0.15) is 11.6 Å². The molecule has 32 heavy (non-hydrogen) atoms. The van der Waals surface area contributed by atoms with Gasteiger partial charge in [-0.3, -0.25) is 0 Å². The molecule has 0 aliphatic heterocycles. The van der Waals surface area contributed by atoms with E-state index in [1.54, 1.807) is 13.8 Å². The van der Waals surface area contributed by atoms with Crippen molar-refractivity contribution in [1.82, 2.24) is 0 Å². The Morgan fingerprint density at radius 1 is 1.22 bits per heavy atom. The molecule has 1 aliphatic rings. The van der Waals surface area contributed by atoms with Crippen LogP contribution < -0.4 is 4.74 Å². The Labute approximate surface area is 192 Å². The minimum Gasteiger partial charge on any atom is -0.493 e. The number of carboxylic acid groups (broad SMARTS) is 1. The van der Waals surface area contributed by atoms with Gasteiger partial charge in [0.05, 0.1) is 6.61 Å². The van der Waals surface area contributed by atoms with Gasteiger partial charge in [0.2, 0.25) is 0 Å². The lowest BCUT2D eigenvalue weighted by Crippen LogP contribution is -2.25. The lowest BCUT2D eigenvalue weighted by atomic mass is 9.67. The van der Waals surface area contributed by atoms with E-state index < -0.39 is 11.8 Å². The van der Waals surface area contributed by atoms with Crippen LogP contribution in [0.3, 0.4) is 0 Å². The Kier molecular flexibility index (Phi) is 7.92. The van der Waals surface area contributed by atoms with Crippen molar-refractivity contribution in [2.24, 2.45) is 5.41 Å². The van der Waals surface area contributed by atoms with Crippen LogP contribution in [0.1, 0.15) is 84.9 Å². The van der Waals surface area contributed by atoms with Gasteiger partial charge in [-0.2, -0.15) is 0 Å². The molecule has 0 spiro atoms. The molecule has 4 heteroatoms. The van der Waals surface area contributed by atoms with Gasteiger partial charge in [0.25, 0.3) is 0 Å². The monoisotopic (exact) mass is 440 g/mol. The third kappa shape index (κ3) is 5.99. The molecule has 0 unspecified atom stereocenters. The van der Waals surface area contributed by atoms with E-state index in [0.29, 0.717) is 23.5 Å². The van der Waals surface area contributed by atoms with Crippen LogP contribution in [0.15, 0.2) is 47.8 Å². The number of carbonyl (C=O) groups is 1.